The van der Waals surface area contributed by atoms with Crippen LogP contribution in [0.4, 0.5) is 0 Å². The number of pyridine rings is 1. The van der Waals surface area contributed by atoms with E-state index in [4.69, 9.17) is 0 Å². The Morgan fingerprint density at radius 3 is 2.46 bits per heavy atom. The molecule has 128 valence electrons. The molecule has 5 nitrogen and oxygen atoms in total. The van der Waals surface area contributed by atoms with Crippen molar-refractivity contribution in [3.63, 3.8) is 0 Å². The van der Waals surface area contributed by atoms with E-state index >= 15 is 0 Å². The number of hydrogen-bond acceptors (Lipinski definition) is 5. The van der Waals surface area contributed by atoms with Gasteiger partial charge in [-0.2, -0.15) is 0 Å². The summed E-state index contributed by atoms with van der Waals surface area (Å²) >= 11 is 1.30. The summed E-state index contributed by atoms with van der Waals surface area (Å²) < 4.78 is 25.1. The molecule has 0 N–H and O–H groups in total. The molecule has 0 aliphatic heterocycles. The fourth-order valence-electron chi connectivity index (χ4n) is 2.07. The summed E-state index contributed by atoms with van der Waals surface area (Å²) in [6, 6.07) is 8.93. The zero-order valence-corrected chi connectivity index (χ0v) is 15.7. The third kappa shape index (κ3) is 4.23. The van der Waals surface area contributed by atoms with Gasteiger partial charge in [-0.1, -0.05) is 29.5 Å². The number of thioether (sulfide) groups is 1. The Bertz CT molecular complexity index is 845. The first-order chi connectivity index (χ1) is 11.2. The Kier molecular flexibility index (Phi) is 5.79. The average molecular weight is 364 g/mol. The van der Waals surface area contributed by atoms with Crippen LogP contribution in [0.1, 0.15) is 21.5 Å². The lowest BCUT2D eigenvalue weighted by atomic mass is 10.0. The maximum atomic E-state index is 12.4. The molecule has 7 heteroatoms. The summed E-state index contributed by atoms with van der Waals surface area (Å²) in [6.07, 6.45) is 1.32. The number of carbonyl (C=O) groups is 1. The van der Waals surface area contributed by atoms with Crippen LogP contribution in [0.2, 0.25) is 0 Å². The molecule has 0 saturated heterocycles. The van der Waals surface area contributed by atoms with Crippen LogP contribution in [0.5, 0.6) is 0 Å². The van der Waals surface area contributed by atoms with Gasteiger partial charge in [0, 0.05) is 25.9 Å². The number of rotatable bonds is 6. The van der Waals surface area contributed by atoms with Gasteiger partial charge in [-0.3, -0.25) is 4.79 Å². The maximum Gasteiger partial charge on any atom is 0.244 e. The van der Waals surface area contributed by atoms with Gasteiger partial charge in [0.05, 0.1) is 10.8 Å². The van der Waals surface area contributed by atoms with Crippen molar-refractivity contribution in [3.05, 3.63) is 53.2 Å². The summed E-state index contributed by atoms with van der Waals surface area (Å²) in [5.41, 5.74) is 2.71. The number of sulfonamides is 1. The zero-order chi connectivity index (χ0) is 17.9. The van der Waals surface area contributed by atoms with E-state index in [-0.39, 0.29) is 16.4 Å². The minimum atomic E-state index is -3.48. The van der Waals surface area contributed by atoms with Crippen molar-refractivity contribution in [2.24, 2.45) is 0 Å². The predicted octanol–water partition coefficient (Wildman–Crippen LogP) is 2.92. The molecule has 0 amide bonds. The number of carbonyl (C=O) groups excluding carboxylic acids is 1. The van der Waals surface area contributed by atoms with Crippen molar-refractivity contribution in [1.82, 2.24) is 9.29 Å². The van der Waals surface area contributed by atoms with Crippen molar-refractivity contribution in [2.75, 3.05) is 19.8 Å². The molecule has 0 bridgehead atoms. The molecule has 0 fully saturated rings. The molecule has 1 heterocycles. The van der Waals surface area contributed by atoms with Gasteiger partial charge in [0.25, 0.3) is 0 Å². The van der Waals surface area contributed by atoms with E-state index in [9.17, 15) is 13.2 Å². The number of benzene rings is 1. The van der Waals surface area contributed by atoms with Gasteiger partial charge < -0.3 is 0 Å². The zero-order valence-electron chi connectivity index (χ0n) is 14.1. The van der Waals surface area contributed by atoms with Gasteiger partial charge in [0.2, 0.25) is 10.0 Å². The second-order valence-corrected chi connectivity index (χ2v) is 8.80. The van der Waals surface area contributed by atoms with Crippen LogP contribution in [0.3, 0.4) is 0 Å². The van der Waals surface area contributed by atoms with E-state index in [2.05, 4.69) is 4.98 Å². The number of aromatic nitrogens is 1. The highest BCUT2D eigenvalue weighted by atomic mass is 32.2. The largest absolute Gasteiger partial charge is 0.293 e. The van der Waals surface area contributed by atoms with Crippen molar-refractivity contribution >= 4 is 27.6 Å². The number of ketones is 1. The Morgan fingerprint density at radius 1 is 1.17 bits per heavy atom. The Labute approximate surface area is 147 Å². The maximum absolute atomic E-state index is 12.4. The van der Waals surface area contributed by atoms with E-state index < -0.39 is 10.0 Å². The Balaban J connectivity index is 2.07. The lowest BCUT2D eigenvalue weighted by Gasteiger charge is -2.11. The van der Waals surface area contributed by atoms with Gasteiger partial charge in [0.1, 0.15) is 4.90 Å². The lowest BCUT2D eigenvalue weighted by molar-refractivity contribution is 0.102. The van der Waals surface area contributed by atoms with Gasteiger partial charge in [0.15, 0.2) is 5.78 Å². The first-order valence-corrected chi connectivity index (χ1v) is 9.76. The molecule has 0 aliphatic rings. The van der Waals surface area contributed by atoms with Crippen molar-refractivity contribution in [1.29, 1.82) is 0 Å². The van der Waals surface area contributed by atoms with Crippen LogP contribution in [-0.2, 0) is 10.0 Å². The molecule has 1 aromatic carbocycles. The van der Waals surface area contributed by atoms with E-state index in [0.717, 1.165) is 15.4 Å². The summed E-state index contributed by atoms with van der Waals surface area (Å²) in [4.78, 5) is 16.6. The summed E-state index contributed by atoms with van der Waals surface area (Å²) in [7, 11) is -0.538. The van der Waals surface area contributed by atoms with E-state index in [1.165, 1.54) is 38.1 Å². The van der Waals surface area contributed by atoms with Crippen LogP contribution in [0.15, 0.2) is 46.5 Å². The first kappa shape index (κ1) is 18.6. The molecular formula is C17H20N2O3S2. The molecule has 1 aromatic heterocycles. The smallest absolute Gasteiger partial charge is 0.244 e. The molecule has 0 saturated carbocycles. The molecule has 2 aromatic rings. The molecule has 2 rings (SSSR count). The van der Waals surface area contributed by atoms with Gasteiger partial charge in [-0.25, -0.2) is 17.7 Å². The fraction of sp³-hybridized carbons (Fsp3) is 0.294. The highest BCUT2D eigenvalue weighted by Crippen LogP contribution is 2.21. The minimum Gasteiger partial charge on any atom is -0.293 e. The molecule has 24 heavy (non-hydrogen) atoms. The summed E-state index contributed by atoms with van der Waals surface area (Å²) in [6.45, 7) is 3.87. The molecule has 0 aliphatic carbocycles. The number of aryl methyl sites for hydroxylation is 2. The van der Waals surface area contributed by atoms with Crippen LogP contribution in [0, 0.1) is 13.8 Å². The fourth-order valence-corrected chi connectivity index (χ4v) is 3.64. The minimum absolute atomic E-state index is 0.0352. The Morgan fingerprint density at radius 2 is 1.88 bits per heavy atom. The predicted molar refractivity (Wildman–Crippen MR) is 96.1 cm³/mol. The van der Waals surface area contributed by atoms with Crippen molar-refractivity contribution in [2.45, 2.75) is 23.8 Å². The Hall–Kier alpha value is -1.70. The lowest BCUT2D eigenvalue weighted by Crippen LogP contribution is -2.22. The number of nitrogens with zero attached hydrogens (tertiary/aromatic N) is 2. The number of Topliss-reactive ketones (excluding diaryl/α,β-unsaturated/α-hetero) is 1. The number of hydrogen-bond donors (Lipinski definition) is 0. The van der Waals surface area contributed by atoms with Crippen LogP contribution in [-0.4, -0.2) is 43.3 Å². The SMILES string of the molecule is Cc1ccc(C)c(C(=O)CSc2ccc(S(=O)(=O)N(C)C)cn2)c1. The monoisotopic (exact) mass is 364 g/mol. The summed E-state index contributed by atoms with van der Waals surface area (Å²) in [5.74, 6) is 0.296. The second kappa shape index (κ2) is 7.46. The van der Waals surface area contributed by atoms with Crippen LogP contribution in [0.25, 0.3) is 0 Å². The van der Waals surface area contributed by atoms with E-state index in [1.807, 2.05) is 32.0 Å². The molecular weight excluding hydrogens is 344 g/mol. The van der Waals surface area contributed by atoms with Gasteiger partial charge in [-0.15, -0.1) is 0 Å². The second-order valence-electron chi connectivity index (χ2n) is 5.65. The van der Waals surface area contributed by atoms with Gasteiger partial charge >= 0.3 is 0 Å². The highest BCUT2D eigenvalue weighted by molar-refractivity contribution is 7.99. The highest BCUT2D eigenvalue weighted by Gasteiger charge is 2.17. The van der Waals surface area contributed by atoms with Crippen LogP contribution < -0.4 is 0 Å². The summed E-state index contributed by atoms with van der Waals surface area (Å²) in [5, 5.41) is 0.617. The molecule has 0 radical (unpaired) electrons. The third-order valence-electron chi connectivity index (χ3n) is 3.53. The average Bonchev–Trinajstić information content (AvgIpc) is 2.55. The van der Waals surface area contributed by atoms with Gasteiger partial charge in [-0.05, 0) is 37.6 Å². The van der Waals surface area contributed by atoms with Crippen molar-refractivity contribution < 1.29 is 13.2 Å². The molecule has 0 spiro atoms. The van der Waals surface area contributed by atoms with Crippen molar-refractivity contribution in [3.8, 4) is 0 Å². The first-order valence-electron chi connectivity index (χ1n) is 7.33. The third-order valence-corrected chi connectivity index (χ3v) is 6.27. The van der Waals surface area contributed by atoms with E-state index in [1.54, 1.807) is 6.07 Å². The standard InChI is InChI=1S/C17H20N2O3S2/c1-12-5-6-13(2)15(9-12)16(20)11-23-17-8-7-14(10-18-17)24(21,22)19(3)4/h5-10H,11H2,1-4H3. The normalized spacial score (nSPS) is 11.7. The topological polar surface area (TPSA) is 67.3 Å². The molecule has 0 unspecified atom stereocenters. The quantitative estimate of drug-likeness (QED) is 0.582. The van der Waals surface area contributed by atoms with E-state index in [0.29, 0.717) is 10.6 Å². The molecule has 0 atom stereocenters. The van der Waals surface area contributed by atoms with Crippen LogP contribution >= 0.6 is 11.8 Å².